The number of carbonyl (C=O) groups is 1. The highest BCUT2D eigenvalue weighted by Crippen LogP contribution is 2.28. The van der Waals surface area contributed by atoms with E-state index < -0.39 is 0 Å². The third-order valence-electron chi connectivity index (χ3n) is 3.52. The molecule has 2 heterocycles. The smallest absolute Gasteiger partial charge is 0.236 e. The Morgan fingerprint density at radius 2 is 2.26 bits per heavy atom. The van der Waals surface area contributed by atoms with Crippen LogP contribution in [-0.2, 0) is 4.79 Å². The first-order valence-electron chi connectivity index (χ1n) is 6.50. The third-order valence-corrected chi connectivity index (χ3v) is 5.38. The Hall–Kier alpha value is -0.430. The van der Waals surface area contributed by atoms with Crippen LogP contribution in [0.1, 0.15) is 17.8 Å². The van der Waals surface area contributed by atoms with Crippen LogP contribution >= 0.6 is 27.3 Å². The molecule has 1 amide bonds. The van der Waals surface area contributed by atoms with Crippen LogP contribution in [0.15, 0.2) is 15.9 Å². The third kappa shape index (κ3) is 4.02. The average Bonchev–Trinajstić information content (AvgIpc) is 2.85. The number of nitrogens with zero attached hydrogens (tertiary/aromatic N) is 2. The molecule has 2 rings (SSSR count). The van der Waals surface area contributed by atoms with Crippen LogP contribution in [0.25, 0.3) is 0 Å². The van der Waals surface area contributed by atoms with Gasteiger partial charge in [0.1, 0.15) is 0 Å². The molecule has 4 nitrogen and oxygen atoms in total. The summed E-state index contributed by atoms with van der Waals surface area (Å²) in [6.45, 7) is 6.09. The van der Waals surface area contributed by atoms with Gasteiger partial charge in [-0.25, -0.2) is 0 Å². The first-order valence-corrected chi connectivity index (χ1v) is 8.18. The molecule has 0 bridgehead atoms. The van der Waals surface area contributed by atoms with E-state index in [1.165, 1.54) is 4.88 Å². The Balaban J connectivity index is 1.89. The molecular formula is C13H20BrN3OS. The number of likely N-dealkylation sites (N-methyl/N-ethyl adjacent to an activating group) is 1. The Morgan fingerprint density at radius 1 is 1.58 bits per heavy atom. The minimum Gasteiger partial charge on any atom is -0.339 e. The van der Waals surface area contributed by atoms with Crippen LogP contribution in [0.3, 0.4) is 0 Å². The van der Waals surface area contributed by atoms with E-state index in [1.54, 1.807) is 11.3 Å². The molecule has 0 radical (unpaired) electrons. The molecule has 0 saturated carbocycles. The predicted octanol–water partition coefficient (Wildman–Crippen LogP) is 1.94. The van der Waals surface area contributed by atoms with Crippen LogP contribution in [-0.4, -0.2) is 55.5 Å². The Bertz CT molecular complexity index is 431. The van der Waals surface area contributed by atoms with Crippen molar-refractivity contribution in [3.63, 3.8) is 0 Å². The van der Waals surface area contributed by atoms with E-state index in [-0.39, 0.29) is 11.9 Å². The number of rotatable bonds is 4. The molecule has 0 aliphatic carbocycles. The summed E-state index contributed by atoms with van der Waals surface area (Å²) in [7, 11) is 2.01. The molecule has 1 aromatic rings. The molecule has 1 aliphatic rings. The van der Waals surface area contributed by atoms with Crippen molar-refractivity contribution in [1.29, 1.82) is 0 Å². The quantitative estimate of drug-likeness (QED) is 0.905. The van der Waals surface area contributed by atoms with Gasteiger partial charge in [-0.2, -0.15) is 0 Å². The van der Waals surface area contributed by atoms with Gasteiger partial charge in [0.15, 0.2) is 0 Å². The van der Waals surface area contributed by atoms with Crippen LogP contribution in [0.5, 0.6) is 0 Å². The zero-order valence-electron chi connectivity index (χ0n) is 11.4. The predicted molar refractivity (Wildman–Crippen MR) is 82.5 cm³/mol. The van der Waals surface area contributed by atoms with Gasteiger partial charge >= 0.3 is 0 Å². The van der Waals surface area contributed by atoms with Gasteiger partial charge in [0.25, 0.3) is 0 Å². The van der Waals surface area contributed by atoms with Gasteiger partial charge in [0, 0.05) is 47.0 Å². The largest absolute Gasteiger partial charge is 0.339 e. The maximum absolute atomic E-state index is 12.2. The Labute approximate surface area is 126 Å². The van der Waals surface area contributed by atoms with Crippen LogP contribution in [0.4, 0.5) is 0 Å². The summed E-state index contributed by atoms with van der Waals surface area (Å²) in [5.41, 5.74) is 0. The lowest BCUT2D eigenvalue weighted by Gasteiger charge is -2.30. The lowest BCUT2D eigenvalue weighted by molar-refractivity contribution is -0.133. The first-order chi connectivity index (χ1) is 9.08. The normalized spacial score (nSPS) is 17.8. The molecule has 19 heavy (non-hydrogen) atoms. The van der Waals surface area contributed by atoms with Gasteiger partial charge in [-0.15, -0.1) is 11.3 Å². The van der Waals surface area contributed by atoms with Crippen molar-refractivity contribution < 1.29 is 4.79 Å². The van der Waals surface area contributed by atoms with Crippen molar-refractivity contribution in [2.75, 3.05) is 39.8 Å². The molecule has 0 aromatic carbocycles. The summed E-state index contributed by atoms with van der Waals surface area (Å²) in [5.74, 6) is 0.228. The van der Waals surface area contributed by atoms with Gasteiger partial charge in [0.05, 0.1) is 6.54 Å². The van der Waals surface area contributed by atoms with Crippen molar-refractivity contribution in [1.82, 2.24) is 15.1 Å². The van der Waals surface area contributed by atoms with E-state index in [4.69, 9.17) is 0 Å². The number of thiophene rings is 1. The highest BCUT2D eigenvalue weighted by Gasteiger charge is 2.21. The number of hydrogen-bond acceptors (Lipinski definition) is 4. The molecular weight excluding hydrogens is 326 g/mol. The van der Waals surface area contributed by atoms with Gasteiger partial charge < -0.3 is 10.2 Å². The number of halogens is 1. The van der Waals surface area contributed by atoms with Gasteiger partial charge in [-0.05, 0) is 36.0 Å². The molecule has 6 heteroatoms. The van der Waals surface area contributed by atoms with Crippen LogP contribution in [0, 0.1) is 0 Å². The molecule has 0 spiro atoms. The van der Waals surface area contributed by atoms with E-state index in [0.717, 1.165) is 30.7 Å². The van der Waals surface area contributed by atoms with Crippen LogP contribution < -0.4 is 5.32 Å². The monoisotopic (exact) mass is 345 g/mol. The fourth-order valence-corrected chi connectivity index (χ4v) is 3.70. The maximum Gasteiger partial charge on any atom is 0.236 e. The molecule has 1 atom stereocenters. The zero-order chi connectivity index (χ0) is 13.8. The molecule has 106 valence electrons. The number of nitrogens with one attached hydrogen (secondary N) is 1. The van der Waals surface area contributed by atoms with Gasteiger partial charge in [0.2, 0.25) is 5.91 Å². The van der Waals surface area contributed by atoms with Crippen molar-refractivity contribution >= 4 is 33.2 Å². The summed E-state index contributed by atoms with van der Waals surface area (Å²) in [5, 5.41) is 5.34. The molecule has 1 saturated heterocycles. The lowest BCUT2D eigenvalue weighted by Crippen LogP contribution is -2.49. The average molecular weight is 346 g/mol. The maximum atomic E-state index is 12.2. The van der Waals surface area contributed by atoms with E-state index in [1.807, 2.05) is 11.9 Å². The summed E-state index contributed by atoms with van der Waals surface area (Å²) in [6, 6.07) is 2.39. The van der Waals surface area contributed by atoms with Gasteiger partial charge in [-0.1, -0.05) is 0 Å². The van der Waals surface area contributed by atoms with E-state index >= 15 is 0 Å². The minimum absolute atomic E-state index is 0.228. The SMILES string of the molecule is CC(c1cc(Br)cs1)N(C)CC(=O)N1CCNCC1. The number of piperazine rings is 1. The van der Waals surface area contributed by atoms with Crippen molar-refractivity contribution in [3.8, 4) is 0 Å². The van der Waals surface area contributed by atoms with E-state index in [9.17, 15) is 4.79 Å². The standard InChI is InChI=1S/C13H20BrN3OS/c1-10(12-7-11(14)9-19-12)16(2)8-13(18)17-5-3-15-4-6-17/h7,9-10,15H,3-6,8H2,1-2H3. The highest BCUT2D eigenvalue weighted by atomic mass is 79.9. The fourth-order valence-electron chi connectivity index (χ4n) is 2.13. The minimum atomic E-state index is 0.228. The summed E-state index contributed by atoms with van der Waals surface area (Å²) < 4.78 is 1.11. The van der Waals surface area contributed by atoms with Crippen molar-refractivity contribution in [2.24, 2.45) is 0 Å². The molecule has 1 unspecified atom stereocenters. The van der Waals surface area contributed by atoms with Crippen LogP contribution in [0.2, 0.25) is 0 Å². The van der Waals surface area contributed by atoms with Crippen molar-refractivity contribution in [3.05, 3.63) is 20.8 Å². The molecule has 1 fully saturated rings. The second kappa shape index (κ2) is 6.83. The van der Waals surface area contributed by atoms with E-state index in [0.29, 0.717) is 6.54 Å². The Morgan fingerprint density at radius 3 is 2.84 bits per heavy atom. The summed E-state index contributed by atoms with van der Waals surface area (Å²) in [6.07, 6.45) is 0. The topological polar surface area (TPSA) is 35.6 Å². The summed E-state index contributed by atoms with van der Waals surface area (Å²) in [4.78, 5) is 17.5. The molecule has 1 aromatic heterocycles. The second-order valence-corrected chi connectivity index (χ2v) is 6.75. The summed E-state index contributed by atoms with van der Waals surface area (Å²) >= 11 is 5.20. The van der Waals surface area contributed by atoms with Crippen molar-refractivity contribution in [2.45, 2.75) is 13.0 Å². The fraction of sp³-hybridized carbons (Fsp3) is 0.615. The van der Waals surface area contributed by atoms with Gasteiger partial charge in [-0.3, -0.25) is 9.69 Å². The Kier molecular flexibility index (Phi) is 5.38. The highest BCUT2D eigenvalue weighted by molar-refractivity contribution is 9.10. The number of hydrogen-bond donors (Lipinski definition) is 1. The number of amides is 1. The second-order valence-electron chi connectivity index (χ2n) is 4.89. The lowest BCUT2D eigenvalue weighted by atomic mass is 10.2. The zero-order valence-corrected chi connectivity index (χ0v) is 13.8. The number of carbonyl (C=O) groups excluding carboxylic acids is 1. The molecule has 1 N–H and O–H groups in total. The molecule has 1 aliphatic heterocycles. The first kappa shape index (κ1) is 15.0. The van der Waals surface area contributed by atoms with E-state index in [2.05, 4.69) is 44.5 Å².